The van der Waals surface area contributed by atoms with Gasteiger partial charge in [0, 0.05) is 39.2 Å². The average molecular weight is 341 g/mol. The number of rotatable bonds is 10. The summed E-state index contributed by atoms with van der Waals surface area (Å²) in [4.78, 5) is 16.4. The van der Waals surface area contributed by atoms with Crippen molar-refractivity contribution in [2.24, 2.45) is 10.4 Å². The van der Waals surface area contributed by atoms with Crippen LogP contribution < -0.4 is 16.0 Å². The van der Waals surface area contributed by atoms with Crippen LogP contribution >= 0.6 is 0 Å². The number of nitrogens with zero attached hydrogens (tertiary/aromatic N) is 1. The van der Waals surface area contributed by atoms with Gasteiger partial charge in [0.15, 0.2) is 5.96 Å². The highest BCUT2D eigenvalue weighted by Gasteiger charge is 2.31. The van der Waals surface area contributed by atoms with Crippen LogP contribution in [0.15, 0.2) is 4.99 Å². The van der Waals surface area contributed by atoms with Gasteiger partial charge in [-0.1, -0.05) is 26.2 Å². The van der Waals surface area contributed by atoms with Gasteiger partial charge in [-0.15, -0.1) is 0 Å². The number of aliphatic imine (C=N–C) groups is 1. The Kier molecular flexibility index (Phi) is 10.5. The topological polar surface area (TPSA) is 85.8 Å². The van der Waals surface area contributed by atoms with E-state index in [0.29, 0.717) is 13.0 Å². The van der Waals surface area contributed by atoms with E-state index in [1.165, 1.54) is 19.3 Å². The molecule has 0 atom stereocenters. The number of aliphatic hydroxyl groups is 1. The molecule has 0 unspecified atom stereocenters. The van der Waals surface area contributed by atoms with Crippen molar-refractivity contribution in [3.8, 4) is 0 Å². The summed E-state index contributed by atoms with van der Waals surface area (Å²) in [7, 11) is 0. The minimum absolute atomic E-state index is 0.0734. The third kappa shape index (κ3) is 7.99. The lowest BCUT2D eigenvalue weighted by atomic mass is 9.72. The summed E-state index contributed by atoms with van der Waals surface area (Å²) < 4.78 is 0. The fourth-order valence-electron chi connectivity index (χ4n) is 3.26. The van der Waals surface area contributed by atoms with Crippen LogP contribution in [0.4, 0.5) is 0 Å². The fraction of sp³-hybridized carbons (Fsp3) is 0.889. The van der Waals surface area contributed by atoms with E-state index in [1.807, 2.05) is 13.8 Å². The van der Waals surface area contributed by atoms with Crippen molar-refractivity contribution >= 4 is 11.9 Å². The molecule has 1 aliphatic rings. The highest BCUT2D eigenvalue weighted by Crippen LogP contribution is 2.39. The largest absolute Gasteiger partial charge is 0.396 e. The predicted molar refractivity (Wildman–Crippen MR) is 99.1 cm³/mol. The first kappa shape index (κ1) is 20.7. The maximum atomic E-state index is 11.6. The summed E-state index contributed by atoms with van der Waals surface area (Å²) in [5.74, 6) is 0.841. The average Bonchev–Trinajstić information content (AvgIpc) is 2.59. The van der Waals surface area contributed by atoms with Gasteiger partial charge in [-0.25, -0.2) is 0 Å². The van der Waals surface area contributed by atoms with Crippen LogP contribution in [0.3, 0.4) is 0 Å². The van der Waals surface area contributed by atoms with Gasteiger partial charge in [0.05, 0.1) is 0 Å². The number of aliphatic hydroxyl groups excluding tert-OH is 1. The first-order chi connectivity index (χ1) is 11.7. The van der Waals surface area contributed by atoms with Crippen molar-refractivity contribution in [2.45, 2.75) is 65.2 Å². The van der Waals surface area contributed by atoms with Crippen molar-refractivity contribution in [3.05, 3.63) is 0 Å². The Morgan fingerprint density at radius 2 is 1.83 bits per heavy atom. The zero-order chi connectivity index (χ0) is 17.7. The van der Waals surface area contributed by atoms with Gasteiger partial charge in [0.25, 0.3) is 0 Å². The van der Waals surface area contributed by atoms with Crippen molar-refractivity contribution in [1.82, 2.24) is 16.0 Å². The molecule has 0 aromatic carbocycles. The number of carbonyl (C=O) groups excluding carboxylic acids is 1. The van der Waals surface area contributed by atoms with Crippen molar-refractivity contribution < 1.29 is 9.90 Å². The van der Waals surface area contributed by atoms with Crippen molar-refractivity contribution in [3.63, 3.8) is 0 Å². The van der Waals surface area contributed by atoms with Gasteiger partial charge in [-0.2, -0.15) is 0 Å². The lowest BCUT2D eigenvalue weighted by molar-refractivity contribution is -0.120. The maximum absolute atomic E-state index is 11.6. The van der Waals surface area contributed by atoms with Crippen molar-refractivity contribution in [2.75, 3.05) is 32.8 Å². The van der Waals surface area contributed by atoms with Gasteiger partial charge in [0.1, 0.15) is 0 Å². The fourth-order valence-corrected chi connectivity index (χ4v) is 3.26. The molecule has 6 heteroatoms. The second-order valence-corrected chi connectivity index (χ2v) is 6.76. The molecule has 0 aromatic heterocycles. The Labute approximate surface area is 146 Å². The lowest BCUT2D eigenvalue weighted by Crippen LogP contribution is -2.40. The SMILES string of the molecule is CCCNC(=O)CCNC(=NCC1(CCO)CCCCC1)NCC. The first-order valence-electron chi connectivity index (χ1n) is 9.55. The number of carbonyl (C=O) groups is 1. The molecular weight excluding hydrogens is 304 g/mol. The van der Waals surface area contributed by atoms with Gasteiger partial charge in [0.2, 0.25) is 5.91 Å². The number of amides is 1. The molecule has 0 aliphatic heterocycles. The number of hydrogen-bond acceptors (Lipinski definition) is 3. The van der Waals surface area contributed by atoms with E-state index in [1.54, 1.807) is 0 Å². The van der Waals surface area contributed by atoms with E-state index in [4.69, 9.17) is 4.99 Å². The second kappa shape index (κ2) is 12.1. The van der Waals surface area contributed by atoms with Gasteiger partial charge in [-0.3, -0.25) is 9.79 Å². The highest BCUT2D eigenvalue weighted by atomic mass is 16.3. The molecule has 0 aromatic rings. The third-order valence-electron chi connectivity index (χ3n) is 4.69. The van der Waals surface area contributed by atoms with Crippen LogP contribution in [0.25, 0.3) is 0 Å². The quantitative estimate of drug-likeness (QED) is 0.361. The number of nitrogens with one attached hydrogen (secondary N) is 3. The summed E-state index contributed by atoms with van der Waals surface area (Å²) in [6.07, 6.45) is 8.29. The monoisotopic (exact) mass is 340 g/mol. The van der Waals surface area contributed by atoms with E-state index >= 15 is 0 Å². The lowest BCUT2D eigenvalue weighted by Gasteiger charge is -2.35. The molecule has 1 rings (SSSR count). The Hall–Kier alpha value is -1.30. The Balaban J connectivity index is 2.49. The van der Waals surface area contributed by atoms with E-state index in [2.05, 4.69) is 16.0 Å². The summed E-state index contributed by atoms with van der Waals surface area (Å²) in [5, 5.41) is 18.8. The van der Waals surface area contributed by atoms with Gasteiger partial charge < -0.3 is 21.1 Å². The Morgan fingerprint density at radius 1 is 1.08 bits per heavy atom. The molecular formula is C18H36N4O2. The minimum atomic E-state index is 0.0734. The molecule has 1 amide bonds. The zero-order valence-corrected chi connectivity index (χ0v) is 15.5. The first-order valence-corrected chi connectivity index (χ1v) is 9.55. The number of hydrogen-bond donors (Lipinski definition) is 4. The van der Waals surface area contributed by atoms with Crippen LogP contribution in [0, 0.1) is 5.41 Å². The third-order valence-corrected chi connectivity index (χ3v) is 4.69. The molecule has 0 heterocycles. The maximum Gasteiger partial charge on any atom is 0.221 e. The van der Waals surface area contributed by atoms with Crippen LogP contribution in [0.5, 0.6) is 0 Å². The van der Waals surface area contributed by atoms with E-state index in [9.17, 15) is 9.90 Å². The smallest absolute Gasteiger partial charge is 0.221 e. The summed E-state index contributed by atoms with van der Waals surface area (Å²) in [6, 6.07) is 0. The Morgan fingerprint density at radius 3 is 2.46 bits per heavy atom. The Bertz CT molecular complexity index is 374. The van der Waals surface area contributed by atoms with Crippen LogP contribution in [-0.4, -0.2) is 49.8 Å². The standard InChI is InChI=1S/C18H36N4O2/c1-3-12-20-16(24)8-13-21-17(19-4-2)22-15-18(11-14-23)9-6-5-7-10-18/h23H,3-15H2,1-2H3,(H,20,24)(H2,19,21,22). The second-order valence-electron chi connectivity index (χ2n) is 6.76. The van der Waals surface area contributed by atoms with Gasteiger partial charge >= 0.3 is 0 Å². The van der Waals surface area contributed by atoms with E-state index in [-0.39, 0.29) is 17.9 Å². The number of guanidine groups is 1. The molecule has 140 valence electrons. The van der Waals surface area contributed by atoms with Crippen LogP contribution in [-0.2, 0) is 4.79 Å². The van der Waals surface area contributed by atoms with Crippen LogP contribution in [0.2, 0.25) is 0 Å². The van der Waals surface area contributed by atoms with E-state index in [0.717, 1.165) is 51.3 Å². The molecule has 0 spiro atoms. The molecule has 0 radical (unpaired) electrons. The zero-order valence-electron chi connectivity index (χ0n) is 15.5. The molecule has 1 fully saturated rings. The van der Waals surface area contributed by atoms with Gasteiger partial charge in [-0.05, 0) is 38.0 Å². The molecule has 24 heavy (non-hydrogen) atoms. The minimum Gasteiger partial charge on any atom is -0.396 e. The summed E-state index contributed by atoms with van der Waals surface area (Å²) in [5.41, 5.74) is 0.147. The molecule has 4 N–H and O–H groups in total. The molecule has 6 nitrogen and oxygen atoms in total. The highest BCUT2D eigenvalue weighted by molar-refractivity contribution is 5.81. The van der Waals surface area contributed by atoms with E-state index < -0.39 is 0 Å². The normalized spacial score (nSPS) is 17.4. The summed E-state index contributed by atoms with van der Waals surface area (Å²) >= 11 is 0. The molecule has 1 saturated carbocycles. The summed E-state index contributed by atoms with van der Waals surface area (Å²) in [6.45, 7) is 7.16. The van der Waals surface area contributed by atoms with Crippen molar-refractivity contribution in [1.29, 1.82) is 0 Å². The molecule has 1 aliphatic carbocycles. The molecule has 0 saturated heterocycles. The predicted octanol–water partition coefficient (Wildman–Crippen LogP) is 1.79. The molecule has 0 bridgehead atoms. The van der Waals surface area contributed by atoms with Crippen LogP contribution in [0.1, 0.15) is 65.2 Å².